The molecule has 1 unspecified atom stereocenters. The Kier molecular flexibility index (Phi) is 3.05. The molecule has 3 aliphatic heterocycles. The Hall–Kier alpha value is -1.72. The average molecular weight is 284 g/mol. The molecule has 110 valence electrons. The average Bonchev–Trinajstić information content (AvgIpc) is 2.85. The number of aryl methyl sites for hydroxylation is 1. The van der Waals surface area contributed by atoms with Crippen molar-refractivity contribution in [2.24, 2.45) is 7.05 Å². The molecule has 0 amide bonds. The number of aromatic nitrogens is 2. The van der Waals surface area contributed by atoms with Gasteiger partial charge in [0.05, 0.1) is 23.5 Å². The number of nitrogens with zero attached hydrogens (tertiary/aromatic N) is 4. The van der Waals surface area contributed by atoms with E-state index < -0.39 is 0 Å². The molecule has 2 bridgehead atoms. The van der Waals surface area contributed by atoms with E-state index >= 15 is 0 Å². The summed E-state index contributed by atoms with van der Waals surface area (Å²) in [4.78, 5) is 22.0. The molecule has 5 nitrogen and oxygen atoms in total. The Morgan fingerprint density at radius 1 is 1.24 bits per heavy atom. The number of Topliss-reactive ketones (excluding diaryl/α,β-unsaturated/α-hetero) is 1. The highest BCUT2D eigenvalue weighted by atomic mass is 16.1. The molecule has 0 N–H and O–H groups in total. The SMILES string of the molecule is Cn1c(CC(=O)C2CN3CCN2CC3)nc2ccccc21. The van der Waals surface area contributed by atoms with Gasteiger partial charge in [-0.25, -0.2) is 4.98 Å². The molecule has 4 heterocycles. The molecule has 0 saturated carbocycles. The lowest BCUT2D eigenvalue weighted by molar-refractivity contribution is -0.128. The molecular weight excluding hydrogens is 264 g/mol. The maximum absolute atomic E-state index is 12.7. The molecule has 5 heteroatoms. The number of rotatable bonds is 3. The van der Waals surface area contributed by atoms with Gasteiger partial charge in [0.15, 0.2) is 5.78 Å². The van der Waals surface area contributed by atoms with Crippen LogP contribution < -0.4 is 0 Å². The number of imidazole rings is 1. The summed E-state index contributed by atoms with van der Waals surface area (Å²) >= 11 is 0. The summed E-state index contributed by atoms with van der Waals surface area (Å²) in [6.45, 7) is 5.16. The van der Waals surface area contributed by atoms with Crippen LogP contribution in [0.3, 0.4) is 0 Å². The maximum atomic E-state index is 12.7. The van der Waals surface area contributed by atoms with E-state index in [0.717, 1.165) is 49.6 Å². The smallest absolute Gasteiger partial charge is 0.158 e. The van der Waals surface area contributed by atoms with Crippen molar-refractivity contribution in [3.05, 3.63) is 30.1 Å². The van der Waals surface area contributed by atoms with Gasteiger partial charge in [0.2, 0.25) is 0 Å². The Bertz CT molecular complexity index is 685. The molecule has 3 aliphatic rings. The van der Waals surface area contributed by atoms with Gasteiger partial charge in [-0.15, -0.1) is 0 Å². The van der Waals surface area contributed by atoms with Gasteiger partial charge < -0.3 is 4.57 Å². The van der Waals surface area contributed by atoms with Gasteiger partial charge >= 0.3 is 0 Å². The second-order valence-corrected chi connectivity index (χ2v) is 6.07. The minimum absolute atomic E-state index is 0.0623. The molecule has 3 saturated heterocycles. The van der Waals surface area contributed by atoms with Crippen LogP contribution in [-0.2, 0) is 18.3 Å². The number of carbonyl (C=O) groups is 1. The fraction of sp³-hybridized carbons (Fsp3) is 0.500. The normalized spacial score (nSPS) is 28.1. The Labute approximate surface area is 124 Å². The van der Waals surface area contributed by atoms with Crippen molar-refractivity contribution in [1.29, 1.82) is 0 Å². The summed E-state index contributed by atoms with van der Waals surface area (Å²) < 4.78 is 2.05. The minimum Gasteiger partial charge on any atom is -0.331 e. The first kappa shape index (κ1) is 13.0. The number of hydrogen-bond donors (Lipinski definition) is 0. The molecule has 0 spiro atoms. The molecule has 5 rings (SSSR count). The van der Waals surface area contributed by atoms with Crippen LogP contribution in [0.25, 0.3) is 11.0 Å². The molecule has 0 radical (unpaired) electrons. The monoisotopic (exact) mass is 284 g/mol. The van der Waals surface area contributed by atoms with Gasteiger partial charge in [-0.2, -0.15) is 0 Å². The highest BCUT2D eigenvalue weighted by Crippen LogP contribution is 2.19. The second kappa shape index (κ2) is 4.93. The number of ketones is 1. The van der Waals surface area contributed by atoms with Crippen LogP contribution in [0.4, 0.5) is 0 Å². The van der Waals surface area contributed by atoms with E-state index in [-0.39, 0.29) is 6.04 Å². The van der Waals surface area contributed by atoms with E-state index in [4.69, 9.17) is 0 Å². The largest absolute Gasteiger partial charge is 0.331 e. The van der Waals surface area contributed by atoms with Crippen LogP contribution in [0.5, 0.6) is 0 Å². The maximum Gasteiger partial charge on any atom is 0.158 e. The second-order valence-electron chi connectivity index (χ2n) is 6.07. The highest BCUT2D eigenvalue weighted by Gasteiger charge is 2.36. The minimum atomic E-state index is 0.0623. The van der Waals surface area contributed by atoms with Crippen molar-refractivity contribution in [3.63, 3.8) is 0 Å². The zero-order valence-electron chi connectivity index (χ0n) is 12.3. The quantitative estimate of drug-likeness (QED) is 0.831. The van der Waals surface area contributed by atoms with Crippen molar-refractivity contribution in [2.75, 3.05) is 32.7 Å². The molecular formula is C16H20N4O. The lowest BCUT2D eigenvalue weighted by Gasteiger charge is -2.46. The molecule has 2 aromatic rings. The van der Waals surface area contributed by atoms with E-state index in [1.807, 2.05) is 35.9 Å². The fourth-order valence-corrected chi connectivity index (χ4v) is 3.55. The molecule has 1 aromatic carbocycles. The molecule has 3 fully saturated rings. The molecule has 0 aliphatic carbocycles. The molecule has 1 aromatic heterocycles. The zero-order valence-corrected chi connectivity index (χ0v) is 12.3. The fourth-order valence-electron chi connectivity index (χ4n) is 3.55. The van der Waals surface area contributed by atoms with Crippen LogP contribution in [-0.4, -0.2) is 63.9 Å². The predicted molar refractivity (Wildman–Crippen MR) is 81.2 cm³/mol. The van der Waals surface area contributed by atoms with Gasteiger partial charge in [-0.1, -0.05) is 12.1 Å². The van der Waals surface area contributed by atoms with Gasteiger partial charge in [-0.05, 0) is 12.1 Å². The van der Waals surface area contributed by atoms with Gasteiger partial charge in [0.1, 0.15) is 5.82 Å². The van der Waals surface area contributed by atoms with Crippen LogP contribution in [0.15, 0.2) is 24.3 Å². The first-order valence-electron chi connectivity index (χ1n) is 7.62. The topological polar surface area (TPSA) is 41.4 Å². The number of carbonyl (C=O) groups excluding carboxylic acids is 1. The zero-order chi connectivity index (χ0) is 14.4. The Morgan fingerprint density at radius 2 is 2.00 bits per heavy atom. The first-order chi connectivity index (χ1) is 10.2. The van der Waals surface area contributed by atoms with E-state index in [9.17, 15) is 4.79 Å². The van der Waals surface area contributed by atoms with Gasteiger partial charge in [-0.3, -0.25) is 14.6 Å². The van der Waals surface area contributed by atoms with Crippen LogP contribution in [0.1, 0.15) is 5.82 Å². The van der Waals surface area contributed by atoms with E-state index in [0.29, 0.717) is 12.2 Å². The molecule has 1 atom stereocenters. The van der Waals surface area contributed by atoms with Crippen molar-refractivity contribution in [3.8, 4) is 0 Å². The van der Waals surface area contributed by atoms with Crippen molar-refractivity contribution < 1.29 is 4.79 Å². The lowest BCUT2D eigenvalue weighted by Crippen LogP contribution is -2.63. The van der Waals surface area contributed by atoms with Crippen LogP contribution in [0.2, 0.25) is 0 Å². The Balaban J connectivity index is 1.57. The van der Waals surface area contributed by atoms with E-state index in [2.05, 4.69) is 14.8 Å². The van der Waals surface area contributed by atoms with Crippen molar-refractivity contribution in [1.82, 2.24) is 19.4 Å². The summed E-state index contributed by atoms with van der Waals surface area (Å²) in [5.41, 5.74) is 2.06. The van der Waals surface area contributed by atoms with Crippen molar-refractivity contribution >= 4 is 16.8 Å². The number of piperazine rings is 3. The summed E-state index contributed by atoms with van der Waals surface area (Å²) in [5, 5.41) is 0. The van der Waals surface area contributed by atoms with Crippen LogP contribution in [0, 0.1) is 0 Å². The highest BCUT2D eigenvalue weighted by molar-refractivity contribution is 5.87. The first-order valence-corrected chi connectivity index (χ1v) is 7.62. The van der Waals surface area contributed by atoms with E-state index in [1.165, 1.54) is 0 Å². The third-order valence-corrected chi connectivity index (χ3v) is 4.86. The third-order valence-electron chi connectivity index (χ3n) is 4.86. The number of benzene rings is 1. The summed E-state index contributed by atoms with van der Waals surface area (Å²) in [5.74, 6) is 1.18. The van der Waals surface area contributed by atoms with Gasteiger partial charge in [0.25, 0.3) is 0 Å². The standard InChI is InChI=1S/C16H20N4O/c1-18-13-5-3-2-4-12(13)17-16(18)10-15(21)14-11-19-6-8-20(14)9-7-19/h2-5,14H,6-11H2,1H3. The van der Waals surface area contributed by atoms with Crippen LogP contribution >= 0.6 is 0 Å². The predicted octanol–water partition coefficient (Wildman–Crippen LogP) is 0.685. The Morgan fingerprint density at radius 3 is 2.67 bits per heavy atom. The van der Waals surface area contributed by atoms with Crippen molar-refractivity contribution in [2.45, 2.75) is 12.5 Å². The summed E-state index contributed by atoms with van der Waals surface area (Å²) in [6.07, 6.45) is 0.431. The van der Waals surface area contributed by atoms with Gasteiger partial charge in [0, 0.05) is 39.8 Å². The number of hydrogen-bond acceptors (Lipinski definition) is 4. The van der Waals surface area contributed by atoms with E-state index in [1.54, 1.807) is 0 Å². The number of para-hydroxylation sites is 2. The summed E-state index contributed by atoms with van der Waals surface area (Å²) in [6, 6.07) is 8.11. The molecule has 21 heavy (non-hydrogen) atoms. The number of fused-ring (bicyclic) bond motifs is 4. The third kappa shape index (κ3) is 2.17. The lowest BCUT2D eigenvalue weighted by atomic mass is 10.0. The summed E-state index contributed by atoms with van der Waals surface area (Å²) in [7, 11) is 1.99.